The first-order valence-electron chi connectivity index (χ1n) is 18.6. The Labute approximate surface area is 282 Å². The summed E-state index contributed by atoms with van der Waals surface area (Å²) in [5.41, 5.74) is 0. The van der Waals surface area contributed by atoms with Crippen LogP contribution in [0.4, 0.5) is 0 Å². The van der Waals surface area contributed by atoms with Gasteiger partial charge in [-0.25, -0.2) is 0 Å². The Hall–Kier alpha value is -2.47. The molecule has 6 heteroatoms. The van der Waals surface area contributed by atoms with Gasteiger partial charge in [-0.1, -0.05) is 153 Å². The summed E-state index contributed by atoms with van der Waals surface area (Å²) >= 11 is 0. The highest BCUT2D eigenvalue weighted by Crippen LogP contribution is 2.14. The van der Waals surface area contributed by atoms with E-state index in [4.69, 9.17) is 9.47 Å². The fourth-order valence-corrected chi connectivity index (χ4v) is 4.98. The lowest BCUT2D eigenvalue weighted by molar-refractivity contribution is -0.161. The molecule has 1 N–H and O–H groups in total. The number of hydrogen-bond acceptors (Lipinski definition) is 6. The van der Waals surface area contributed by atoms with E-state index < -0.39 is 18.7 Å². The minimum atomic E-state index is -0.885. The van der Waals surface area contributed by atoms with E-state index in [0.717, 1.165) is 38.5 Å². The van der Waals surface area contributed by atoms with Gasteiger partial charge in [0, 0.05) is 19.3 Å². The summed E-state index contributed by atoms with van der Waals surface area (Å²) in [5, 5.41) is 9.51. The third kappa shape index (κ3) is 32.9. The van der Waals surface area contributed by atoms with Gasteiger partial charge in [0.1, 0.15) is 6.61 Å². The van der Waals surface area contributed by atoms with E-state index in [1.54, 1.807) is 6.08 Å². The van der Waals surface area contributed by atoms with Crippen LogP contribution in [0, 0.1) is 0 Å². The summed E-state index contributed by atoms with van der Waals surface area (Å²) in [7, 11) is 0. The molecule has 0 spiro atoms. The third-order valence-corrected chi connectivity index (χ3v) is 7.85. The lowest BCUT2D eigenvalue weighted by Crippen LogP contribution is -2.28. The number of carbonyl (C=O) groups excluding carboxylic acids is 3. The van der Waals surface area contributed by atoms with Crippen molar-refractivity contribution in [2.75, 3.05) is 13.2 Å². The molecule has 0 aromatic rings. The van der Waals surface area contributed by atoms with E-state index in [9.17, 15) is 19.5 Å². The van der Waals surface area contributed by atoms with Crippen LogP contribution >= 0.6 is 0 Å². The molecule has 0 radical (unpaired) electrons. The van der Waals surface area contributed by atoms with E-state index in [2.05, 4.69) is 38.2 Å². The number of aliphatic hydroxyl groups excluding tert-OH is 1. The van der Waals surface area contributed by atoms with Gasteiger partial charge in [-0.05, 0) is 44.6 Å². The standard InChI is InChI=1S/C40H68O6/c1-3-5-7-9-11-13-15-17-19-21-23-25-27-29-33-39(43)45-36-38(35-41)46-40(44)34-30-32-37(42)31-28-26-24-22-20-18-16-14-12-10-8-6-4-2/h12,14,18,20,24,26,28,31,38,41H,3-11,13,15-17,19,21-23,25,27,29-30,32-36H2,1-2H3/b14-12-,20-18-,26-24-,31-28+/t38-/m0/s1. The number of aliphatic hydroxyl groups is 1. The first-order valence-corrected chi connectivity index (χ1v) is 18.6. The number of allylic oxidation sites excluding steroid dienone is 8. The molecule has 264 valence electrons. The number of carbonyl (C=O) groups is 3. The van der Waals surface area contributed by atoms with Crippen LogP contribution in [-0.4, -0.2) is 42.1 Å². The zero-order valence-electron chi connectivity index (χ0n) is 29.6. The van der Waals surface area contributed by atoms with Gasteiger partial charge in [0.2, 0.25) is 0 Å². The smallest absolute Gasteiger partial charge is 0.306 e. The number of ketones is 1. The quantitative estimate of drug-likeness (QED) is 0.0251. The first-order chi connectivity index (χ1) is 22.5. The molecule has 0 rings (SSSR count). The molecule has 0 aliphatic heterocycles. The second-order valence-corrected chi connectivity index (χ2v) is 12.3. The monoisotopic (exact) mass is 645 g/mol. The summed E-state index contributed by atoms with van der Waals surface area (Å²) < 4.78 is 10.4. The first kappa shape index (κ1) is 43.5. The predicted octanol–water partition coefficient (Wildman–Crippen LogP) is 10.6. The molecule has 0 aliphatic rings. The number of ether oxygens (including phenoxy) is 2. The molecule has 0 amide bonds. The maximum absolute atomic E-state index is 12.1. The fourth-order valence-electron chi connectivity index (χ4n) is 4.98. The van der Waals surface area contributed by atoms with Gasteiger partial charge >= 0.3 is 11.9 Å². The van der Waals surface area contributed by atoms with Gasteiger partial charge < -0.3 is 14.6 Å². The van der Waals surface area contributed by atoms with Crippen molar-refractivity contribution in [2.45, 2.75) is 174 Å². The van der Waals surface area contributed by atoms with Crippen LogP contribution in [0.5, 0.6) is 0 Å². The molecule has 0 unspecified atom stereocenters. The van der Waals surface area contributed by atoms with E-state index in [1.165, 1.54) is 96.0 Å². The second-order valence-electron chi connectivity index (χ2n) is 12.3. The minimum absolute atomic E-state index is 0.0580. The number of unbranched alkanes of at least 4 members (excludes halogenated alkanes) is 16. The lowest BCUT2D eigenvalue weighted by atomic mass is 10.0. The number of hydrogen-bond donors (Lipinski definition) is 1. The van der Waals surface area contributed by atoms with Crippen molar-refractivity contribution in [1.82, 2.24) is 0 Å². The summed E-state index contributed by atoms with van der Waals surface area (Å²) in [5.74, 6) is -0.903. The van der Waals surface area contributed by atoms with Crippen LogP contribution in [0.25, 0.3) is 0 Å². The van der Waals surface area contributed by atoms with Gasteiger partial charge in [-0.2, -0.15) is 0 Å². The molecule has 46 heavy (non-hydrogen) atoms. The van der Waals surface area contributed by atoms with Gasteiger partial charge in [0.15, 0.2) is 11.9 Å². The number of esters is 2. The maximum atomic E-state index is 12.1. The normalized spacial score (nSPS) is 12.6. The van der Waals surface area contributed by atoms with Crippen molar-refractivity contribution < 1.29 is 29.0 Å². The van der Waals surface area contributed by atoms with E-state index in [-0.39, 0.29) is 31.2 Å². The Morgan fingerprint density at radius 1 is 0.565 bits per heavy atom. The van der Waals surface area contributed by atoms with Crippen molar-refractivity contribution in [3.63, 3.8) is 0 Å². The largest absolute Gasteiger partial charge is 0.462 e. The molecule has 0 saturated carbocycles. The highest BCUT2D eigenvalue weighted by molar-refractivity contribution is 5.90. The van der Waals surface area contributed by atoms with Gasteiger partial charge in [-0.15, -0.1) is 0 Å². The van der Waals surface area contributed by atoms with Crippen LogP contribution in [-0.2, 0) is 23.9 Å². The summed E-state index contributed by atoms with van der Waals surface area (Å²) in [6.07, 6.45) is 40.2. The van der Waals surface area contributed by atoms with Crippen LogP contribution in [0.1, 0.15) is 168 Å². The average Bonchev–Trinajstić information content (AvgIpc) is 3.05. The molecule has 1 atom stereocenters. The van der Waals surface area contributed by atoms with Gasteiger partial charge in [-0.3, -0.25) is 14.4 Å². The third-order valence-electron chi connectivity index (χ3n) is 7.85. The van der Waals surface area contributed by atoms with Crippen LogP contribution < -0.4 is 0 Å². The summed E-state index contributed by atoms with van der Waals surface area (Å²) in [6, 6.07) is 0. The molecule has 6 nitrogen and oxygen atoms in total. The molecule has 0 heterocycles. The van der Waals surface area contributed by atoms with Crippen molar-refractivity contribution in [3.8, 4) is 0 Å². The summed E-state index contributed by atoms with van der Waals surface area (Å²) in [6.45, 7) is 3.89. The van der Waals surface area contributed by atoms with Gasteiger partial charge in [0.25, 0.3) is 0 Å². The molecule has 0 bridgehead atoms. The predicted molar refractivity (Wildman–Crippen MR) is 192 cm³/mol. The molecule has 0 fully saturated rings. The molecule has 0 aromatic heterocycles. The van der Waals surface area contributed by atoms with Crippen molar-refractivity contribution >= 4 is 17.7 Å². The zero-order chi connectivity index (χ0) is 33.8. The zero-order valence-corrected chi connectivity index (χ0v) is 29.6. The lowest BCUT2D eigenvalue weighted by Gasteiger charge is -2.15. The Bertz CT molecular complexity index is 841. The highest BCUT2D eigenvalue weighted by atomic mass is 16.6. The van der Waals surface area contributed by atoms with Crippen LogP contribution in [0.2, 0.25) is 0 Å². The topological polar surface area (TPSA) is 89.9 Å². The van der Waals surface area contributed by atoms with Crippen molar-refractivity contribution in [3.05, 3.63) is 48.6 Å². The highest BCUT2D eigenvalue weighted by Gasteiger charge is 2.16. The molecule has 0 aliphatic carbocycles. The van der Waals surface area contributed by atoms with E-state index in [1.807, 2.05) is 12.2 Å². The molecular weight excluding hydrogens is 576 g/mol. The Balaban J connectivity index is 3.79. The SMILES string of the molecule is CCCCC/C=C\C/C=C\C/C=C\C=C\C(=O)CCCC(=O)O[C@@H](CO)COC(=O)CCCCCCCCCCCCCCCC. The molecule has 0 aromatic carbocycles. The van der Waals surface area contributed by atoms with Crippen molar-refractivity contribution in [1.29, 1.82) is 0 Å². The summed E-state index contributed by atoms with van der Waals surface area (Å²) in [4.78, 5) is 36.2. The Morgan fingerprint density at radius 2 is 1.09 bits per heavy atom. The average molecular weight is 645 g/mol. The van der Waals surface area contributed by atoms with Crippen LogP contribution in [0.3, 0.4) is 0 Å². The number of rotatable bonds is 33. The molecular formula is C40H68O6. The minimum Gasteiger partial charge on any atom is -0.462 e. The Kier molecular flexibility index (Phi) is 33.5. The second kappa shape index (κ2) is 35.4. The van der Waals surface area contributed by atoms with Gasteiger partial charge in [0.05, 0.1) is 6.61 Å². The molecule has 0 saturated heterocycles. The van der Waals surface area contributed by atoms with Crippen molar-refractivity contribution in [2.24, 2.45) is 0 Å². The maximum Gasteiger partial charge on any atom is 0.306 e. The van der Waals surface area contributed by atoms with E-state index in [0.29, 0.717) is 12.8 Å². The van der Waals surface area contributed by atoms with Crippen LogP contribution in [0.15, 0.2) is 48.6 Å². The fraction of sp³-hybridized carbons (Fsp3) is 0.725. The Morgan fingerprint density at radius 3 is 1.70 bits per heavy atom. The van der Waals surface area contributed by atoms with E-state index >= 15 is 0 Å².